The van der Waals surface area contributed by atoms with Crippen molar-refractivity contribution in [1.29, 1.82) is 0 Å². The topological polar surface area (TPSA) is 40.6 Å². The van der Waals surface area contributed by atoms with Crippen molar-refractivity contribution in [3.8, 4) is 0 Å². The summed E-state index contributed by atoms with van der Waals surface area (Å²) < 4.78 is 0. The van der Waals surface area contributed by atoms with Crippen molar-refractivity contribution in [1.82, 2.24) is 9.80 Å². The molecule has 0 aliphatic heterocycles. The first-order valence-corrected chi connectivity index (χ1v) is 3.82. The van der Waals surface area contributed by atoms with Crippen LogP contribution in [0.15, 0.2) is 0 Å². The summed E-state index contributed by atoms with van der Waals surface area (Å²) in [5, 5.41) is 0. The Morgan fingerprint density at radius 1 is 1.17 bits per heavy atom. The van der Waals surface area contributed by atoms with Gasteiger partial charge in [0.2, 0.25) is 11.8 Å². The first-order valence-electron chi connectivity index (χ1n) is 3.82. The fourth-order valence-electron chi connectivity index (χ4n) is 0.812. The van der Waals surface area contributed by atoms with Gasteiger partial charge in [0.1, 0.15) is 6.04 Å². The minimum atomic E-state index is -0.377. The number of carbonyl (C=O) groups excluding carboxylic acids is 2. The minimum absolute atomic E-state index is 0.0623. The number of hydrogen-bond donors (Lipinski definition) is 0. The Labute approximate surface area is 73.1 Å². The van der Waals surface area contributed by atoms with E-state index < -0.39 is 0 Å². The van der Waals surface area contributed by atoms with Crippen LogP contribution in [0, 0.1) is 0 Å². The summed E-state index contributed by atoms with van der Waals surface area (Å²) in [6.45, 7) is 3.16. The molecule has 0 spiro atoms. The second kappa shape index (κ2) is 4.09. The molecule has 0 bridgehead atoms. The van der Waals surface area contributed by atoms with Crippen molar-refractivity contribution in [2.45, 2.75) is 19.9 Å². The van der Waals surface area contributed by atoms with Gasteiger partial charge in [0, 0.05) is 28.1 Å². The maximum atomic E-state index is 11.3. The number of likely N-dealkylation sites (N-methyl/N-ethyl adjacent to an activating group) is 2. The molecule has 0 aromatic rings. The number of hydrogen-bond acceptors (Lipinski definition) is 2. The summed E-state index contributed by atoms with van der Waals surface area (Å²) in [5.74, 6) is -0.162. The molecule has 0 saturated carbocycles. The van der Waals surface area contributed by atoms with Gasteiger partial charge in [0.15, 0.2) is 0 Å². The van der Waals surface area contributed by atoms with Crippen LogP contribution in [0.5, 0.6) is 0 Å². The van der Waals surface area contributed by atoms with Crippen LogP contribution in [0.4, 0.5) is 0 Å². The molecule has 0 saturated heterocycles. The molecule has 4 heteroatoms. The summed E-state index contributed by atoms with van der Waals surface area (Å²) in [5.41, 5.74) is 0. The summed E-state index contributed by atoms with van der Waals surface area (Å²) in [6, 6.07) is -0.377. The highest BCUT2D eigenvalue weighted by atomic mass is 16.2. The number of amides is 2. The molecule has 1 atom stereocenters. The Bertz CT molecular complexity index is 189. The largest absolute Gasteiger partial charge is 0.347 e. The monoisotopic (exact) mass is 172 g/mol. The zero-order chi connectivity index (χ0) is 9.89. The van der Waals surface area contributed by atoms with Gasteiger partial charge in [-0.1, -0.05) is 0 Å². The Balaban J connectivity index is 4.29. The Morgan fingerprint density at radius 3 is 1.83 bits per heavy atom. The third-order valence-corrected chi connectivity index (χ3v) is 1.88. The molecule has 0 unspecified atom stereocenters. The van der Waals surface area contributed by atoms with Crippen LogP contribution < -0.4 is 0 Å². The van der Waals surface area contributed by atoms with Gasteiger partial charge in [-0.2, -0.15) is 0 Å². The van der Waals surface area contributed by atoms with Gasteiger partial charge in [-0.3, -0.25) is 9.59 Å². The van der Waals surface area contributed by atoms with Gasteiger partial charge in [-0.15, -0.1) is 0 Å². The molecule has 2 amide bonds. The van der Waals surface area contributed by atoms with E-state index in [0.29, 0.717) is 0 Å². The molecule has 12 heavy (non-hydrogen) atoms. The fourth-order valence-corrected chi connectivity index (χ4v) is 0.812. The van der Waals surface area contributed by atoms with Crippen molar-refractivity contribution in [2.75, 3.05) is 21.1 Å². The van der Waals surface area contributed by atoms with Crippen LogP contribution in [0.1, 0.15) is 13.8 Å². The van der Waals surface area contributed by atoms with Gasteiger partial charge in [-0.25, -0.2) is 0 Å². The van der Waals surface area contributed by atoms with E-state index in [1.54, 1.807) is 28.1 Å². The molecule has 0 fully saturated rings. The van der Waals surface area contributed by atoms with Crippen molar-refractivity contribution in [2.24, 2.45) is 0 Å². The van der Waals surface area contributed by atoms with E-state index in [4.69, 9.17) is 0 Å². The smallest absolute Gasteiger partial charge is 0.244 e. The molecule has 0 N–H and O–H groups in total. The van der Waals surface area contributed by atoms with E-state index in [0.717, 1.165) is 0 Å². The SMILES string of the molecule is CC(=O)N(C)[C@@H](C)C(=O)N(C)C. The van der Waals surface area contributed by atoms with Gasteiger partial charge in [-0.05, 0) is 6.92 Å². The van der Waals surface area contributed by atoms with Gasteiger partial charge in [0.05, 0.1) is 0 Å². The van der Waals surface area contributed by atoms with Crippen LogP contribution in [0.25, 0.3) is 0 Å². The molecular formula is C8H16N2O2. The highest BCUT2D eigenvalue weighted by molar-refractivity contribution is 5.86. The molecule has 0 radical (unpaired) electrons. The van der Waals surface area contributed by atoms with Crippen LogP contribution in [-0.2, 0) is 9.59 Å². The molecule has 0 aromatic heterocycles. The van der Waals surface area contributed by atoms with Crippen molar-refractivity contribution in [3.05, 3.63) is 0 Å². The molecule has 0 heterocycles. The standard InChI is InChI=1S/C8H16N2O2/c1-6(8(12)9(3)4)10(5)7(2)11/h6H,1-5H3/t6-/m0/s1. The average molecular weight is 172 g/mol. The molecule has 0 aliphatic carbocycles. The zero-order valence-electron chi connectivity index (χ0n) is 8.29. The lowest BCUT2D eigenvalue weighted by Crippen LogP contribution is -2.44. The first kappa shape index (κ1) is 10.9. The number of carbonyl (C=O) groups is 2. The quantitative estimate of drug-likeness (QED) is 0.585. The van der Waals surface area contributed by atoms with E-state index in [9.17, 15) is 9.59 Å². The molecular weight excluding hydrogens is 156 g/mol. The highest BCUT2D eigenvalue weighted by Gasteiger charge is 2.20. The predicted molar refractivity (Wildman–Crippen MR) is 46.6 cm³/mol. The molecule has 0 rings (SSSR count). The van der Waals surface area contributed by atoms with Gasteiger partial charge in [0.25, 0.3) is 0 Å². The summed E-state index contributed by atoms with van der Waals surface area (Å²) >= 11 is 0. The lowest BCUT2D eigenvalue weighted by molar-refractivity contribution is -0.141. The summed E-state index contributed by atoms with van der Waals surface area (Å²) in [4.78, 5) is 25.1. The highest BCUT2D eigenvalue weighted by Crippen LogP contribution is 1.98. The third kappa shape index (κ3) is 2.53. The van der Waals surface area contributed by atoms with E-state index in [1.165, 1.54) is 16.7 Å². The normalized spacial score (nSPS) is 12.1. The predicted octanol–water partition coefficient (Wildman–Crippen LogP) is -0.0586. The molecule has 70 valence electrons. The molecule has 0 aromatic carbocycles. The maximum Gasteiger partial charge on any atom is 0.244 e. The second-order valence-corrected chi connectivity index (χ2v) is 3.04. The third-order valence-electron chi connectivity index (χ3n) is 1.88. The van der Waals surface area contributed by atoms with E-state index >= 15 is 0 Å². The van der Waals surface area contributed by atoms with Crippen molar-refractivity contribution in [3.63, 3.8) is 0 Å². The van der Waals surface area contributed by atoms with Crippen LogP contribution in [0.3, 0.4) is 0 Å². The summed E-state index contributed by atoms with van der Waals surface area (Å²) in [7, 11) is 4.97. The second-order valence-electron chi connectivity index (χ2n) is 3.04. The van der Waals surface area contributed by atoms with E-state index in [-0.39, 0.29) is 17.9 Å². The van der Waals surface area contributed by atoms with Gasteiger partial charge >= 0.3 is 0 Å². The lowest BCUT2D eigenvalue weighted by Gasteiger charge is -2.25. The Morgan fingerprint density at radius 2 is 1.58 bits per heavy atom. The van der Waals surface area contributed by atoms with Crippen LogP contribution in [-0.4, -0.2) is 48.8 Å². The van der Waals surface area contributed by atoms with Crippen LogP contribution >= 0.6 is 0 Å². The molecule has 0 aliphatic rings. The van der Waals surface area contributed by atoms with Crippen molar-refractivity contribution < 1.29 is 9.59 Å². The van der Waals surface area contributed by atoms with Crippen LogP contribution in [0.2, 0.25) is 0 Å². The fraction of sp³-hybridized carbons (Fsp3) is 0.750. The number of rotatable bonds is 2. The average Bonchev–Trinajstić information content (AvgIpc) is 2.00. The molecule has 4 nitrogen and oxygen atoms in total. The lowest BCUT2D eigenvalue weighted by atomic mass is 10.2. The van der Waals surface area contributed by atoms with E-state index in [2.05, 4.69) is 0 Å². The number of nitrogens with zero attached hydrogens (tertiary/aromatic N) is 2. The van der Waals surface area contributed by atoms with Gasteiger partial charge < -0.3 is 9.80 Å². The first-order chi connectivity index (χ1) is 5.37. The maximum absolute atomic E-state index is 11.3. The Kier molecular flexibility index (Phi) is 3.73. The zero-order valence-corrected chi connectivity index (χ0v) is 8.29. The van der Waals surface area contributed by atoms with Crippen molar-refractivity contribution >= 4 is 11.8 Å². The van der Waals surface area contributed by atoms with E-state index in [1.807, 2.05) is 0 Å². The Hall–Kier alpha value is -1.06. The summed E-state index contributed by atoms with van der Waals surface area (Å²) in [6.07, 6.45) is 0. The minimum Gasteiger partial charge on any atom is -0.347 e.